The Morgan fingerprint density at radius 1 is 1.41 bits per heavy atom. The molecule has 0 heteroatoms. The van der Waals surface area contributed by atoms with Crippen molar-refractivity contribution in [3.63, 3.8) is 0 Å². The Morgan fingerprint density at radius 2 is 2.18 bits per heavy atom. The predicted molar refractivity (Wildman–Crippen MR) is 76.8 cm³/mol. The van der Waals surface area contributed by atoms with Crippen molar-refractivity contribution in [3.05, 3.63) is 59.2 Å². The molecule has 1 aromatic carbocycles. The second-order valence-electron chi connectivity index (χ2n) is 4.97. The smallest absolute Gasteiger partial charge is 0.00510 e. The van der Waals surface area contributed by atoms with Crippen LogP contribution < -0.4 is 0 Å². The van der Waals surface area contributed by atoms with E-state index in [0.29, 0.717) is 5.92 Å². The van der Waals surface area contributed by atoms with Gasteiger partial charge in [-0.1, -0.05) is 55.5 Å². The maximum absolute atomic E-state index is 4.04. The van der Waals surface area contributed by atoms with Gasteiger partial charge in [0.15, 0.2) is 0 Å². The van der Waals surface area contributed by atoms with Crippen molar-refractivity contribution in [2.75, 3.05) is 0 Å². The standard InChI is InChI=1S/C17H20/c1-12(2)14(4)11-16-10-6-9-15-8-5-7-13(3)17(15)16/h5-9,11,14H,1,10H2,2-4H3/b16-11-. The minimum Gasteiger partial charge on any atom is -0.0996 e. The van der Waals surface area contributed by atoms with Crippen LogP contribution in [0.25, 0.3) is 11.6 Å². The molecule has 0 aliphatic heterocycles. The molecule has 88 valence electrons. The van der Waals surface area contributed by atoms with E-state index < -0.39 is 0 Å². The number of hydrogen-bond donors (Lipinski definition) is 0. The molecule has 0 amide bonds. The van der Waals surface area contributed by atoms with E-state index in [1.807, 2.05) is 0 Å². The van der Waals surface area contributed by atoms with Crippen molar-refractivity contribution in [2.24, 2.45) is 5.92 Å². The van der Waals surface area contributed by atoms with Crippen LogP contribution in [0.2, 0.25) is 0 Å². The van der Waals surface area contributed by atoms with Crippen molar-refractivity contribution in [3.8, 4) is 0 Å². The molecule has 0 fully saturated rings. The summed E-state index contributed by atoms with van der Waals surface area (Å²) in [4.78, 5) is 0. The fourth-order valence-electron chi connectivity index (χ4n) is 2.28. The SMILES string of the molecule is C=C(C)C(C)/C=C1/CC=Cc2cccc(C)c21. The highest BCUT2D eigenvalue weighted by Gasteiger charge is 2.13. The summed E-state index contributed by atoms with van der Waals surface area (Å²) in [7, 11) is 0. The summed E-state index contributed by atoms with van der Waals surface area (Å²) in [5.74, 6) is 0.448. The lowest BCUT2D eigenvalue weighted by molar-refractivity contribution is 0.867. The van der Waals surface area contributed by atoms with E-state index in [-0.39, 0.29) is 0 Å². The molecule has 1 aromatic rings. The van der Waals surface area contributed by atoms with Crippen molar-refractivity contribution in [1.82, 2.24) is 0 Å². The Kier molecular flexibility index (Phi) is 3.33. The first kappa shape index (κ1) is 11.9. The Balaban J connectivity index is 2.48. The van der Waals surface area contributed by atoms with E-state index in [4.69, 9.17) is 0 Å². The maximum atomic E-state index is 4.04. The van der Waals surface area contributed by atoms with Gasteiger partial charge in [-0.25, -0.2) is 0 Å². The van der Waals surface area contributed by atoms with Crippen molar-refractivity contribution < 1.29 is 0 Å². The molecule has 2 rings (SSSR count). The van der Waals surface area contributed by atoms with E-state index in [1.165, 1.54) is 27.8 Å². The largest absolute Gasteiger partial charge is 0.0996 e. The van der Waals surface area contributed by atoms with Crippen molar-refractivity contribution in [2.45, 2.75) is 27.2 Å². The van der Waals surface area contributed by atoms with Gasteiger partial charge in [0, 0.05) is 0 Å². The summed E-state index contributed by atoms with van der Waals surface area (Å²) in [6.07, 6.45) is 7.87. The molecule has 0 heterocycles. The van der Waals surface area contributed by atoms with Crippen LogP contribution in [-0.2, 0) is 0 Å². The first-order valence-electron chi connectivity index (χ1n) is 6.22. The van der Waals surface area contributed by atoms with Gasteiger partial charge in [0.05, 0.1) is 0 Å². The third-order valence-electron chi connectivity index (χ3n) is 3.49. The monoisotopic (exact) mass is 224 g/mol. The lowest BCUT2D eigenvalue weighted by atomic mass is 9.86. The number of allylic oxidation sites excluding steroid dienone is 4. The lowest BCUT2D eigenvalue weighted by Crippen LogP contribution is -1.99. The number of aryl methyl sites for hydroxylation is 1. The zero-order valence-corrected chi connectivity index (χ0v) is 11.0. The average molecular weight is 224 g/mol. The first-order chi connectivity index (χ1) is 8.09. The van der Waals surface area contributed by atoms with Crippen LogP contribution in [0.15, 0.2) is 42.5 Å². The van der Waals surface area contributed by atoms with Gasteiger partial charge in [-0.15, -0.1) is 0 Å². The van der Waals surface area contributed by atoms with Crippen LogP contribution in [0.3, 0.4) is 0 Å². The predicted octanol–water partition coefficient (Wildman–Crippen LogP) is 5.01. The molecule has 0 saturated carbocycles. The van der Waals surface area contributed by atoms with Crippen LogP contribution >= 0.6 is 0 Å². The topological polar surface area (TPSA) is 0 Å². The van der Waals surface area contributed by atoms with Gasteiger partial charge in [-0.05, 0) is 48.4 Å². The average Bonchev–Trinajstić information content (AvgIpc) is 2.29. The highest BCUT2D eigenvalue weighted by atomic mass is 14.2. The van der Waals surface area contributed by atoms with Crippen molar-refractivity contribution in [1.29, 1.82) is 0 Å². The molecule has 1 atom stereocenters. The second kappa shape index (κ2) is 4.75. The Labute approximate surface area is 104 Å². The van der Waals surface area contributed by atoms with Crippen molar-refractivity contribution >= 4 is 11.6 Å². The summed E-state index contributed by atoms with van der Waals surface area (Å²) < 4.78 is 0. The molecule has 1 unspecified atom stereocenters. The van der Waals surface area contributed by atoms with Crippen LogP contribution in [0.4, 0.5) is 0 Å². The summed E-state index contributed by atoms with van der Waals surface area (Å²) in [6.45, 7) is 10.5. The van der Waals surface area contributed by atoms with E-state index in [9.17, 15) is 0 Å². The van der Waals surface area contributed by atoms with E-state index in [0.717, 1.165) is 6.42 Å². The fourth-order valence-corrected chi connectivity index (χ4v) is 2.28. The number of benzene rings is 1. The highest BCUT2D eigenvalue weighted by Crippen LogP contribution is 2.32. The molecule has 0 bridgehead atoms. The number of rotatable bonds is 2. The highest BCUT2D eigenvalue weighted by molar-refractivity contribution is 5.81. The second-order valence-corrected chi connectivity index (χ2v) is 4.97. The zero-order valence-electron chi connectivity index (χ0n) is 11.0. The van der Waals surface area contributed by atoms with Crippen LogP contribution in [0, 0.1) is 12.8 Å². The zero-order chi connectivity index (χ0) is 12.4. The third-order valence-corrected chi connectivity index (χ3v) is 3.49. The van der Waals surface area contributed by atoms with Gasteiger partial charge < -0.3 is 0 Å². The van der Waals surface area contributed by atoms with Crippen LogP contribution in [0.5, 0.6) is 0 Å². The number of hydrogen-bond acceptors (Lipinski definition) is 0. The maximum Gasteiger partial charge on any atom is -0.00510 e. The molecule has 1 aliphatic carbocycles. The van der Waals surface area contributed by atoms with E-state index in [2.05, 4.69) is 63.8 Å². The molecule has 0 aromatic heterocycles. The van der Waals surface area contributed by atoms with Gasteiger partial charge >= 0.3 is 0 Å². The van der Waals surface area contributed by atoms with Gasteiger partial charge in [-0.2, -0.15) is 0 Å². The minimum absolute atomic E-state index is 0.448. The molecule has 17 heavy (non-hydrogen) atoms. The Morgan fingerprint density at radius 3 is 2.88 bits per heavy atom. The molecule has 0 N–H and O–H groups in total. The molecular formula is C17H20. The minimum atomic E-state index is 0.448. The quantitative estimate of drug-likeness (QED) is 0.620. The Hall–Kier alpha value is -1.56. The Bertz CT molecular complexity index is 501. The summed E-state index contributed by atoms with van der Waals surface area (Å²) in [5, 5.41) is 0. The van der Waals surface area contributed by atoms with E-state index in [1.54, 1.807) is 0 Å². The molecule has 0 nitrogen and oxygen atoms in total. The number of fused-ring (bicyclic) bond motifs is 1. The first-order valence-corrected chi connectivity index (χ1v) is 6.22. The summed E-state index contributed by atoms with van der Waals surface area (Å²) >= 11 is 0. The van der Waals surface area contributed by atoms with Crippen LogP contribution in [0.1, 0.15) is 37.0 Å². The normalized spacial score (nSPS) is 17.9. The summed E-state index contributed by atoms with van der Waals surface area (Å²) in [5.41, 5.74) is 6.80. The van der Waals surface area contributed by atoms with Gasteiger partial charge in [0.2, 0.25) is 0 Å². The van der Waals surface area contributed by atoms with Gasteiger partial charge in [0.25, 0.3) is 0 Å². The summed E-state index contributed by atoms with van der Waals surface area (Å²) in [6, 6.07) is 6.51. The molecule has 1 aliphatic rings. The van der Waals surface area contributed by atoms with Crippen LogP contribution in [-0.4, -0.2) is 0 Å². The molecule has 0 spiro atoms. The molecule has 0 saturated heterocycles. The molecule has 0 radical (unpaired) electrons. The van der Waals surface area contributed by atoms with Gasteiger partial charge in [0.1, 0.15) is 0 Å². The van der Waals surface area contributed by atoms with E-state index >= 15 is 0 Å². The molecular weight excluding hydrogens is 204 g/mol. The van der Waals surface area contributed by atoms with Gasteiger partial charge in [-0.3, -0.25) is 0 Å². The third kappa shape index (κ3) is 2.41. The fraction of sp³-hybridized carbons (Fsp3) is 0.294. The lowest BCUT2D eigenvalue weighted by Gasteiger charge is -2.19.